The van der Waals surface area contributed by atoms with Crippen molar-refractivity contribution < 1.29 is 10.0 Å². The summed E-state index contributed by atoms with van der Waals surface area (Å²) in [6, 6.07) is 15.4. The predicted molar refractivity (Wildman–Crippen MR) is 112 cm³/mol. The van der Waals surface area contributed by atoms with E-state index in [1.165, 1.54) is 24.8 Å². The van der Waals surface area contributed by atoms with Crippen molar-refractivity contribution in [3.05, 3.63) is 69.8 Å². The lowest BCUT2D eigenvalue weighted by Crippen LogP contribution is -2.52. The summed E-state index contributed by atoms with van der Waals surface area (Å²) in [5.41, 5.74) is 2.81. The lowest BCUT2D eigenvalue weighted by atomic mass is 9.63. The van der Waals surface area contributed by atoms with Gasteiger partial charge in [-0.3, -0.25) is 15.0 Å². The van der Waals surface area contributed by atoms with Gasteiger partial charge in [0.15, 0.2) is 0 Å². The van der Waals surface area contributed by atoms with Crippen LogP contribution in [0.25, 0.3) is 0 Å². The Morgan fingerprint density at radius 3 is 2.68 bits per heavy atom. The van der Waals surface area contributed by atoms with Crippen molar-refractivity contribution >= 4 is 18.1 Å². The fourth-order valence-corrected chi connectivity index (χ4v) is 5.00. The second-order valence-electron chi connectivity index (χ2n) is 8.04. The smallest absolute Gasteiger partial charge is 0.269 e. The maximum atomic E-state index is 10.8. The van der Waals surface area contributed by atoms with Crippen molar-refractivity contribution in [2.24, 2.45) is 0 Å². The summed E-state index contributed by atoms with van der Waals surface area (Å²) in [5.74, 6) is 0.365. The number of benzene rings is 2. The van der Waals surface area contributed by atoms with Gasteiger partial charge in [-0.15, -0.1) is 12.4 Å². The van der Waals surface area contributed by atoms with Crippen molar-refractivity contribution in [3.8, 4) is 5.75 Å². The molecule has 5 nitrogen and oxygen atoms in total. The van der Waals surface area contributed by atoms with Crippen LogP contribution >= 0.6 is 12.4 Å². The molecule has 6 heteroatoms. The minimum atomic E-state index is -0.350. The molecule has 2 aromatic carbocycles. The van der Waals surface area contributed by atoms with Gasteiger partial charge in [0.25, 0.3) is 5.69 Å². The summed E-state index contributed by atoms with van der Waals surface area (Å²) in [6.07, 6.45) is 6.90. The van der Waals surface area contributed by atoms with Gasteiger partial charge in [0, 0.05) is 24.7 Å². The number of nitrogens with zero attached hydrogens (tertiary/aromatic N) is 2. The Balaban J connectivity index is 0.00000225. The van der Waals surface area contributed by atoms with Crippen molar-refractivity contribution in [2.75, 3.05) is 13.1 Å². The van der Waals surface area contributed by atoms with E-state index in [4.69, 9.17) is 0 Å². The number of hydrogen-bond donors (Lipinski definition) is 1. The Morgan fingerprint density at radius 2 is 1.96 bits per heavy atom. The number of hydrogen-bond acceptors (Lipinski definition) is 4. The molecule has 150 valence electrons. The molecular formula is C22H27ClN2O3. The number of nitro groups is 1. The number of phenols is 1. The van der Waals surface area contributed by atoms with Gasteiger partial charge in [-0.25, -0.2) is 0 Å². The Kier molecular flexibility index (Phi) is 6.26. The summed E-state index contributed by atoms with van der Waals surface area (Å²) < 4.78 is 0. The second-order valence-corrected chi connectivity index (χ2v) is 8.04. The first-order valence-electron chi connectivity index (χ1n) is 9.83. The maximum absolute atomic E-state index is 10.8. The van der Waals surface area contributed by atoms with Gasteiger partial charge in [0.2, 0.25) is 0 Å². The van der Waals surface area contributed by atoms with Crippen molar-refractivity contribution in [3.63, 3.8) is 0 Å². The third kappa shape index (κ3) is 4.15. The Bertz CT molecular complexity index is 827. The molecule has 28 heavy (non-hydrogen) atoms. The van der Waals surface area contributed by atoms with Gasteiger partial charge in [-0.1, -0.05) is 30.7 Å². The maximum Gasteiger partial charge on any atom is 0.269 e. The molecule has 4 rings (SSSR count). The van der Waals surface area contributed by atoms with Crippen LogP contribution in [-0.4, -0.2) is 34.1 Å². The molecule has 0 aromatic heterocycles. The van der Waals surface area contributed by atoms with E-state index in [1.54, 1.807) is 18.2 Å². The summed E-state index contributed by atoms with van der Waals surface area (Å²) in [6.45, 7) is 2.08. The molecule has 1 saturated carbocycles. The third-order valence-electron chi connectivity index (χ3n) is 6.51. The molecule has 2 fully saturated rings. The van der Waals surface area contributed by atoms with Gasteiger partial charge >= 0.3 is 0 Å². The van der Waals surface area contributed by atoms with Crippen LogP contribution in [0.1, 0.15) is 43.2 Å². The zero-order valence-electron chi connectivity index (χ0n) is 15.9. The highest BCUT2D eigenvalue weighted by Crippen LogP contribution is 2.47. The largest absolute Gasteiger partial charge is 0.508 e. The summed E-state index contributed by atoms with van der Waals surface area (Å²) in [4.78, 5) is 13.0. The topological polar surface area (TPSA) is 66.6 Å². The highest BCUT2D eigenvalue weighted by Gasteiger charge is 2.43. The Hall–Kier alpha value is -2.11. The molecule has 2 bridgehead atoms. The fraction of sp³-hybridized carbons (Fsp3) is 0.455. The fourth-order valence-electron chi connectivity index (χ4n) is 5.00. The van der Waals surface area contributed by atoms with E-state index in [1.807, 2.05) is 24.3 Å². The molecule has 1 heterocycles. The van der Waals surface area contributed by atoms with Gasteiger partial charge in [0.05, 0.1) is 4.92 Å². The first kappa shape index (κ1) is 20.6. The van der Waals surface area contributed by atoms with E-state index in [2.05, 4.69) is 11.0 Å². The lowest BCUT2D eigenvalue weighted by molar-refractivity contribution is -0.384. The van der Waals surface area contributed by atoms with Crippen LogP contribution in [-0.2, 0) is 11.8 Å². The SMILES string of the molecule is Cl.O=[N+]([O-])c1ccc(CCN2CC[C@]3(c4cccc(O)c4)CCC[C@H]2C3)cc1. The summed E-state index contributed by atoms with van der Waals surface area (Å²) in [7, 11) is 0. The molecular weight excluding hydrogens is 376 g/mol. The summed E-state index contributed by atoms with van der Waals surface area (Å²) in [5, 5.41) is 20.7. The monoisotopic (exact) mass is 402 g/mol. The number of non-ortho nitro benzene ring substituents is 1. The van der Waals surface area contributed by atoms with Crippen molar-refractivity contribution in [2.45, 2.75) is 50.0 Å². The number of fused-ring (bicyclic) bond motifs is 2. The zero-order valence-corrected chi connectivity index (χ0v) is 16.7. The van der Waals surface area contributed by atoms with Crippen LogP contribution in [0.5, 0.6) is 5.75 Å². The van der Waals surface area contributed by atoms with E-state index < -0.39 is 0 Å². The van der Waals surface area contributed by atoms with Crippen molar-refractivity contribution in [1.82, 2.24) is 4.90 Å². The van der Waals surface area contributed by atoms with Gasteiger partial charge in [-0.2, -0.15) is 0 Å². The number of halogens is 1. The van der Waals surface area contributed by atoms with Crippen LogP contribution in [0.2, 0.25) is 0 Å². The molecule has 0 amide bonds. The van der Waals surface area contributed by atoms with Crippen molar-refractivity contribution in [1.29, 1.82) is 0 Å². The van der Waals surface area contributed by atoms with Crippen LogP contribution in [0.15, 0.2) is 48.5 Å². The van der Waals surface area contributed by atoms with E-state index in [0.29, 0.717) is 11.8 Å². The third-order valence-corrected chi connectivity index (χ3v) is 6.51. The molecule has 1 saturated heterocycles. The van der Waals surface area contributed by atoms with E-state index in [-0.39, 0.29) is 28.4 Å². The second kappa shape index (κ2) is 8.50. The molecule has 0 unspecified atom stereocenters. The Labute approximate surface area is 171 Å². The molecule has 2 aromatic rings. The van der Waals surface area contributed by atoms with Gasteiger partial charge < -0.3 is 5.11 Å². The predicted octanol–water partition coefficient (Wildman–Crippen LogP) is 4.85. The lowest BCUT2D eigenvalue weighted by Gasteiger charge is -2.51. The molecule has 0 radical (unpaired) electrons. The number of likely N-dealkylation sites (tertiary alicyclic amines) is 1. The first-order chi connectivity index (χ1) is 13.1. The molecule has 1 aliphatic heterocycles. The molecule has 2 aliphatic rings. The van der Waals surface area contributed by atoms with Crippen LogP contribution in [0, 0.1) is 10.1 Å². The van der Waals surface area contributed by atoms with Crippen LogP contribution in [0.3, 0.4) is 0 Å². The number of piperidine rings is 1. The molecule has 2 atom stereocenters. The highest BCUT2D eigenvalue weighted by atomic mass is 35.5. The van der Waals surface area contributed by atoms with E-state index >= 15 is 0 Å². The first-order valence-corrected chi connectivity index (χ1v) is 9.83. The average Bonchev–Trinajstić information content (AvgIpc) is 2.68. The molecule has 0 spiro atoms. The standard InChI is InChI=1S/C22H26N2O3.ClH/c25-21-5-1-3-18(15-21)22-11-2-4-20(16-22)23(14-12-22)13-10-17-6-8-19(9-7-17)24(26)27;/h1,3,5-9,15,20,25H,2,4,10-14,16H2;1H/t20-,22+;/m0./s1. The number of nitro benzene ring substituents is 1. The number of phenolic OH excluding ortho intramolecular Hbond substituents is 1. The summed E-state index contributed by atoms with van der Waals surface area (Å²) >= 11 is 0. The molecule has 1 aliphatic carbocycles. The number of aromatic hydroxyl groups is 1. The van der Waals surface area contributed by atoms with Crippen LogP contribution < -0.4 is 0 Å². The molecule has 1 N–H and O–H groups in total. The van der Waals surface area contributed by atoms with Gasteiger partial charge in [0.1, 0.15) is 5.75 Å². The van der Waals surface area contributed by atoms with E-state index in [9.17, 15) is 15.2 Å². The highest BCUT2D eigenvalue weighted by molar-refractivity contribution is 5.85. The van der Waals surface area contributed by atoms with Gasteiger partial charge in [-0.05, 0) is 67.3 Å². The van der Waals surface area contributed by atoms with Crippen LogP contribution in [0.4, 0.5) is 5.69 Å². The average molecular weight is 403 g/mol. The van der Waals surface area contributed by atoms with E-state index in [0.717, 1.165) is 37.9 Å². The minimum Gasteiger partial charge on any atom is -0.508 e. The quantitative estimate of drug-likeness (QED) is 0.573. The normalized spacial score (nSPS) is 24.4. The number of rotatable bonds is 5. The minimum absolute atomic E-state index is 0. The zero-order chi connectivity index (χ0) is 18.9. The Morgan fingerprint density at radius 1 is 1.18 bits per heavy atom.